The van der Waals surface area contributed by atoms with Crippen LogP contribution in [0.15, 0.2) is 43.0 Å². The third kappa shape index (κ3) is 4.04. The van der Waals surface area contributed by atoms with Gasteiger partial charge in [-0.15, -0.1) is 0 Å². The number of anilines is 1. The molecule has 0 saturated carbocycles. The van der Waals surface area contributed by atoms with Gasteiger partial charge in [0, 0.05) is 62.0 Å². The fourth-order valence-electron chi connectivity index (χ4n) is 4.87. The van der Waals surface area contributed by atoms with Gasteiger partial charge >= 0.3 is 0 Å². The fraction of sp³-hybridized carbons (Fsp3) is 0.591. The van der Waals surface area contributed by atoms with E-state index in [4.69, 9.17) is 0 Å². The van der Waals surface area contributed by atoms with E-state index >= 15 is 0 Å². The molecule has 27 heavy (non-hydrogen) atoms. The van der Waals surface area contributed by atoms with Crippen molar-refractivity contribution in [3.63, 3.8) is 0 Å². The van der Waals surface area contributed by atoms with Gasteiger partial charge in [0.15, 0.2) is 0 Å². The Morgan fingerprint density at radius 3 is 2.30 bits per heavy atom. The minimum absolute atomic E-state index is 0.770. The zero-order valence-electron chi connectivity index (χ0n) is 16.8. The van der Waals surface area contributed by atoms with Crippen LogP contribution >= 0.6 is 0 Å². The summed E-state index contributed by atoms with van der Waals surface area (Å²) in [6.45, 7) is 11.8. The van der Waals surface area contributed by atoms with Gasteiger partial charge in [-0.3, -0.25) is 9.80 Å². The van der Waals surface area contributed by atoms with E-state index < -0.39 is 0 Å². The van der Waals surface area contributed by atoms with E-state index in [1.165, 1.54) is 69.9 Å². The third-order valence-electron chi connectivity index (χ3n) is 6.52. The number of benzene rings is 1. The van der Waals surface area contributed by atoms with Gasteiger partial charge in [0.2, 0.25) is 0 Å². The Kier molecular flexibility index (Phi) is 5.79. The predicted octanol–water partition coefficient (Wildman–Crippen LogP) is 3.26. The van der Waals surface area contributed by atoms with Crippen LogP contribution in [-0.4, -0.2) is 70.7 Å². The lowest BCUT2D eigenvalue weighted by molar-refractivity contribution is 0.171. The molecule has 0 spiro atoms. The van der Waals surface area contributed by atoms with Crippen molar-refractivity contribution in [2.24, 2.45) is 0 Å². The average Bonchev–Trinajstić information content (AvgIpc) is 3.42. The Morgan fingerprint density at radius 1 is 0.963 bits per heavy atom. The first-order valence-corrected chi connectivity index (χ1v) is 10.6. The van der Waals surface area contributed by atoms with Gasteiger partial charge in [-0.1, -0.05) is 13.8 Å². The summed E-state index contributed by atoms with van der Waals surface area (Å²) in [6, 6.07) is 10.4. The molecule has 2 aromatic rings. The van der Waals surface area contributed by atoms with Crippen molar-refractivity contribution >= 4 is 5.69 Å². The SMILES string of the molecule is CCN(CC)C1CCN(C2CCN(c3ccc(-n4ccnc4)cc3)CC2)C1. The molecule has 1 aromatic carbocycles. The molecule has 3 heterocycles. The van der Waals surface area contributed by atoms with Crippen molar-refractivity contribution in [2.45, 2.75) is 45.2 Å². The third-order valence-corrected chi connectivity index (χ3v) is 6.52. The van der Waals surface area contributed by atoms with E-state index in [1.54, 1.807) is 0 Å². The number of rotatable bonds is 6. The summed E-state index contributed by atoms with van der Waals surface area (Å²) >= 11 is 0. The Balaban J connectivity index is 1.30. The number of aromatic nitrogens is 2. The summed E-state index contributed by atoms with van der Waals surface area (Å²) < 4.78 is 2.05. The maximum absolute atomic E-state index is 4.13. The summed E-state index contributed by atoms with van der Waals surface area (Å²) in [7, 11) is 0. The van der Waals surface area contributed by atoms with Gasteiger partial charge in [-0.2, -0.15) is 0 Å². The molecule has 0 N–H and O–H groups in total. The first-order valence-electron chi connectivity index (χ1n) is 10.6. The number of hydrogen-bond donors (Lipinski definition) is 0. The topological polar surface area (TPSA) is 27.5 Å². The van der Waals surface area contributed by atoms with Gasteiger partial charge in [-0.25, -0.2) is 4.98 Å². The van der Waals surface area contributed by atoms with E-state index in [9.17, 15) is 0 Å². The molecule has 2 fully saturated rings. The Bertz CT molecular complexity index is 684. The van der Waals surface area contributed by atoms with Gasteiger partial charge in [0.1, 0.15) is 0 Å². The zero-order valence-corrected chi connectivity index (χ0v) is 16.8. The molecule has 2 saturated heterocycles. The molecule has 5 heteroatoms. The largest absolute Gasteiger partial charge is 0.371 e. The van der Waals surface area contributed by atoms with E-state index in [0.29, 0.717) is 0 Å². The molecular formula is C22H33N5. The van der Waals surface area contributed by atoms with Gasteiger partial charge in [-0.05, 0) is 56.6 Å². The maximum Gasteiger partial charge on any atom is 0.0991 e. The normalized spacial score (nSPS) is 22.0. The van der Waals surface area contributed by atoms with E-state index in [-0.39, 0.29) is 0 Å². The number of likely N-dealkylation sites (N-methyl/N-ethyl adjacent to an activating group) is 1. The van der Waals surface area contributed by atoms with Crippen molar-refractivity contribution in [1.82, 2.24) is 19.4 Å². The summed E-state index contributed by atoms with van der Waals surface area (Å²) in [5, 5.41) is 0. The second-order valence-electron chi connectivity index (χ2n) is 7.86. The van der Waals surface area contributed by atoms with E-state index in [2.05, 4.69) is 62.4 Å². The van der Waals surface area contributed by atoms with Crippen LogP contribution in [0.5, 0.6) is 0 Å². The first-order chi connectivity index (χ1) is 13.3. The summed E-state index contributed by atoms with van der Waals surface area (Å²) in [5.41, 5.74) is 2.52. The second-order valence-corrected chi connectivity index (χ2v) is 7.86. The smallest absolute Gasteiger partial charge is 0.0991 e. The molecule has 0 aliphatic carbocycles. The zero-order chi connectivity index (χ0) is 18.6. The molecule has 4 rings (SSSR count). The highest BCUT2D eigenvalue weighted by Gasteiger charge is 2.32. The first kappa shape index (κ1) is 18.5. The number of likely N-dealkylation sites (tertiary alicyclic amines) is 1. The minimum atomic E-state index is 0.770. The highest BCUT2D eigenvalue weighted by molar-refractivity contribution is 5.51. The number of piperidine rings is 1. The average molecular weight is 368 g/mol. The molecule has 146 valence electrons. The predicted molar refractivity (Wildman–Crippen MR) is 112 cm³/mol. The molecule has 1 aromatic heterocycles. The van der Waals surface area contributed by atoms with Crippen LogP contribution in [0.25, 0.3) is 5.69 Å². The summed E-state index contributed by atoms with van der Waals surface area (Å²) in [5.74, 6) is 0. The lowest BCUT2D eigenvalue weighted by Gasteiger charge is -2.38. The Labute approximate surface area is 163 Å². The van der Waals surface area contributed by atoms with Crippen LogP contribution in [0.4, 0.5) is 5.69 Å². The standard InChI is InChI=1S/C22H33N5/c1-3-24(4-2)22-11-15-26(17-22)21-9-13-25(14-10-21)19-5-7-20(8-6-19)27-16-12-23-18-27/h5-8,12,16,18,21-22H,3-4,9-11,13-15,17H2,1-2H3. The number of imidazole rings is 1. The van der Waals surface area contributed by atoms with Crippen LogP contribution in [0, 0.1) is 0 Å². The highest BCUT2D eigenvalue weighted by atomic mass is 15.3. The fourth-order valence-corrected chi connectivity index (χ4v) is 4.87. The molecule has 0 radical (unpaired) electrons. The molecule has 2 aliphatic rings. The Hall–Kier alpha value is -1.85. The lowest BCUT2D eigenvalue weighted by atomic mass is 10.0. The maximum atomic E-state index is 4.13. The Morgan fingerprint density at radius 2 is 1.67 bits per heavy atom. The van der Waals surface area contributed by atoms with Gasteiger partial charge in [0.25, 0.3) is 0 Å². The van der Waals surface area contributed by atoms with Crippen molar-refractivity contribution in [3.8, 4) is 5.69 Å². The van der Waals surface area contributed by atoms with Crippen LogP contribution in [0.1, 0.15) is 33.1 Å². The molecule has 5 nitrogen and oxygen atoms in total. The van der Waals surface area contributed by atoms with E-state index in [0.717, 1.165) is 12.1 Å². The van der Waals surface area contributed by atoms with Gasteiger partial charge in [0.05, 0.1) is 6.33 Å². The molecule has 0 amide bonds. The quantitative estimate of drug-likeness (QED) is 0.783. The van der Waals surface area contributed by atoms with Gasteiger partial charge < -0.3 is 9.47 Å². The number of hydrogen-bond acceptors (Lipinski definition) is 4. The van der Waals surface area contributed by atoms with Crippen molar-refractivity contribution in [3.05, 3.63) is 43.0 Å². The monoisotopic (exact) mass is 367 g/mol. The lowest BCUT2D eigenvalue weighted by Crippen LogP contribution is -2.45. The summed E-state index contributed by atoms with van der Waals surface area (Å²) in [6.07, 6.45) is 9.58. The van der Waals surface area contributed by atoms with Crippen LogP contribution < -0.4 is 4.90 Å². The molecule has 1 atom stereocenters. The minimum Gasteiger partial charge on any atom is -0.371 e. The molecule has 2 aliphatic heterocycles. The van der Waals surface area contributed by atoms with Crippen molar-refractivity contribution < 1.29 is 0 Å². The van der Waals surface area contributed by atoms with Crippen LogP contribution in [0.3, 0.4) is 0 Å². The van der Waals surface area contributed by atoms with Crippen molar-refractivity contribution in [2.75, 3.05) is 44.2 Å². The van der Waals surface area contributed by atoms with Crippen LogP contribution in [0.2, 0.25) is 0 Å². The molecular weight excluding hydrogens is 334 g/mol. The molecule has 0 bridgehead atoms. The number of nitrogens with zero attached hydrogens (tertiary/aromatic N) is 5. The highest BCUT2D eigenvalue weighted by Crippen LogP contribution is 2.27. The van der Waals surface area contributed by atoms with E-state index in [1.807, 2.05) is 18.7 Å². The second kappa shape index (κ2) is 8.44. The molecule has 1 unspecified atom stereocenters. The summed E-state index contributed by atoms with van der Waals surface area (Å²) in [4.78, 5) is 12.1. The van der Waals surface area contributed by atoms with Crippen molar-refractivity contribution in [1.29, 1.82) is 0 Å². The van der Waals surface area contributed by atoms with Crippen LogP contribution in [-0.2, 0) is 0 Å².